The second-order valence-corrected chi connectivity index (χ2v) is 7.09. The molecular formula is C21H30N2O5. The number of hydrogen-bond acceptors (Lipinski definition) is 5. The molecule has 0 aliphatic carbocycles. The van der Waals surface area contributed by atoms with Crippen molar-refractivity contribution < 1.29 is 23.9 Å². The van der Waals surface area contributed by atoms with E-state index >= 15 is 0 Å². The van der Waals surface area contributed by atoms with Crippen LogP contribution in [0, 0.1) is 12.3 Å². The fourth-order valence-corrected chi connectivity index (χ4v) is 3.62. The van der Waals surface area contributed by atoms with Gasteiger partial charge in [-0.3, -0.25) is 9.59 Å². The minimum absolute atomic E-state index is 0.187. The highest BCUT2D eigenvalue weighted by Gasteiger charge is 2.45. The molecule has 28 heavy (non-hydrogen) atoms. The summed E-state index contributed by atoms with van der Waals surface area (Å²) in [7, 11) is 0. The average molecular weight is 390 g/mol. The van der Waals surface area contributed by atoms with Gasteiger partial charge in [-0.25, -0.2) is 4.79 Å². The van der Waals surface area contributed by atoms with Crippen molar-refractivity contribution in [3.05, 3.63) is 35.4 Å². The van der Waals surface area contributed by atoms with Gasteiger partial charge in [0.15, 0.2) is 0 Å². The van der Waals surface area contributed by atoms with E-state index in [4.69, 9.17) is 9.47 Å². The summed E-state index contributed by atoms with van der Waals surface area (Å²) in [5.74, 6) is -0.759. The van der Waals surface area contributed by atoms with Gasteiger partial charge in [0.05, 0.1) is 18.6 Å². The first-order chi connectivity index (χ1) is 13.4. The molecule has 2 rings (SSSR count). The summed E-state index contributed by atoms with van der Waals surface area (Å²) in [5, 5.41) is 2.58. The van der Waals surface area contributed by atoms with Gasteiger partial charge >= 0.3 is 18.0 Å². The van der Waals surface area contributed by atoms with Gasteiger partial charge in [-0.05, 0) is 51.2 Å². The number of likely N-dealkylation sites (tertiary alicyclic amines) is 1. The maximum Gasteiger partial charge on any atom is 0.325 e. The molecule has 0 bridgehead atoms. The predicted molar refractivity (Wildman–Crippen MR) is 105 cm³/mol. The van der Waals surface area contributed by atoms with Crippen molar-refractivity contribution in [2.45, 2.75) is 40.0 Å². The second kappa shape index (κ2) is 10.1. The van der Waals surface area contributed by atoms with E-state index in [2.05, 4.69) is 5.32 Å². The number of carbonyl (C=O) groups is 3. The highest BCUT2D eigenvalue weighted by Crippen LogP contribution is 2.36. The Balaban J connectivity index is 2.16. The number of ether oxygens (including phenoxy) is 2. The third kappa shape index (κ3) is 5.47. The molecule has 1 aromatic carbocycles. The lowest BCUT2D eigenvalue weighted by molar-refractivity contribution is -0.158. The van der Waals surface area contributed by atoms with Crippen molar-refractivity contribution in [2.24, 2.45) is 5.41 Å². The largest absolute Gasteiger partial charge is 0.466 e. The van der Waals surface area contributed by atoms with Crippen LogP contribution in [0.2, 0.25) is 0 Å². The van der Waals surface area contributed by atoms with Crippen molar-refractivity contribution in [1.29, 1.82) is 0 Å². The molecule has 0 unspecified atom stereocenters. The molecular weight excluding hydrogens is 360 g/mol. The number of nitrogens with zero attached hydrogens (tertiary/aromatic N) is 1. The van der Waals surface area contributed by atoms with E-state index in [1.807, 2.05) is 31.2 Å². The smallest absolute Gasteiger partial charge is 0.325 e. The zero-order chi connectivity index (χ0) is 20.6. The third-order valence-corrected chi connectivity index (χ3v) is 5.05. The number of benzene rings is 1. The lowest BCUT2D eigenvalue weighted by Crippen LogP contribution is -2.54. The van der Waals surface area contributed by atoms with E-state index in [1.165, 1.54) is 0 Å². The molecule has 0 radical (unpaired) electrons. The van der Waals surface area contributed by atoms with E-state index in [0.717, 1.165) is 11.1 Å². The van der Waals surface area contributed by atoms with Crippen LogP contribution in [-0.2, 0) is 25.5 Å². The van der Waals surface area contributed by atoms with Crippen molar-refractivity contribution >= 4 is 18.0 Å². The molecule has 1 heterocycles. The summed E-state index contributed by atoms with van der Waals surface area (Å²) in [5.41, 5.74) is 1.39. The number of rotatable bonds is 7. The van der Waals surface area contributed by atoms with Crippen molar-refractivity contribution in [3.8, 4) is 0 Å². The molecule has 1 aliphatic heterocycles. The second-order valence-electron chi connectivity index (χ2n) is 7.09. The van der Waals surface area contributed by atoms with E-state index < -0.39 is 11.4 Å². The first-order valence-corrected chi connectivity index (χ1v) is 9.82. The standard InChI is InChI=1S/C21H30N2O5/c1-4-27-18(24)14-22-20(26)23-12-8-11-21(15-23,19(25)28-5-2)13-17-10-7-6-9-16(17)3/h6-7,9-10H,4-5,8,11-15H2,1-3H3,(H,22,26)/t21-/m1/s1. The van der Waals surface area contributed by atoms with Crippen LogP contribution < -0.4 is 5.32 Å². The summed E-state index contributed by atoms with van der Waals surface area (Å²) < 4.78 is 10.2. The van der Waals surface area contributed by atoms with E-state index in [1.54, 1.807) is 18.7 Å². The number of nitrogens with one attached hydrogen (secondary N) is 1. The van der Waals surface area contributed by atoms with Crippen LogP contribution in [0.15, 0.2) is 24.3 Å². The summed E-state index contributed by atoms with van der Waals surface area (Å²) >= 11 is 0. The molecule has 7 heteroatoms. The van der Waals surface area contributed by atoms with Gasteiger partial charge in [-0.15, -0.1) is 0 Å². The van der Waals surface area contributed by atoms with Crippen LogP contribution >= 0.6 is 0 Å². The van der Waals surface area contributed by atoms with Crippen LogP contribution in [0.1, 0.15) is 37.8 Å². The van der Waals surface area contributed by atoms with E-state index in [9.17, 15) is 14.4 Å². The Bertz CT molecular complexity index is 706. The fraction of sp³-hybridized carbons (Fsp3) is 0.571. The molecule has 154 valence electrons. The highest BCUT2D eigenvalue weighted by atomic mass is 16.5. The zero-order valence-corrected chi connectivity index (χ0v) is 17.0. The molecule has 2 amide bonds. The molecule has 1 saturated heterocycles. The molecule has 1 aliphatic rings. The van der Waals surface area contributed by atoms with Crippen molar-refractivity contribution in [2.75, 3.05) is 32.8 Å². The van der Waals surface area contributed by atoms with Gasteiger partial charge in [0.2, 0.25) is 0 Å². The van der Waals surface area contributed by atoms with Crippen LogP contribution in [0.25, 0.3) is 0 Å². The lowest BCUT2D eigenvalue weighted by atomic mass is 9.74. The Labute approximate surface area is 166 Å². The van der Waals surface area contributed by atoms with Gasteiger partial charge in [-0.2, -0.15) is 0 Å². The maximum absolute atomic E-state index is 12.9. The van der Waals surface area contributed by atoms with E-state index in [-0.39, 0.29) is 31.7 Å². The molecule has 1 fully saturated rings. The summed E-state index contributed by atoms with van der Waals surface area (Å²) in [6, 6.07) is 7.57. The maximum atomic E-state index is 12.9. The quantitative estimate of drug-likeness (QED) is 0.723. The summed E-state index contributed by atoms with van der Waals surface area (Å²) in [4.78, 5) is 38.5. The number of urea groups is 1. The molecule has 1 N–H and O–H groups in total. The van der Waals surface area contributed by atoms with Gasteiger partial charge in [0.1, 0.15) is 6.54 Å². The van der Waals surface area contributed by atoms with Crippen LogP contribution in [0.4, 0.5) is 4.79 Å². The first-order valence-electron chi connectivity index (χ1n) is 9.82. The van der Waals surface area contributed by atoms with Gasteiger partial charge in [-0.1, -0.05) is 24.3 Å². The fourth-order valence-electron chi connectivity index (χ4n) is 3.62. The Morgan fingerprint density at radius 2 is 1.86 bits per heavy atom. The SMILES string of the molecule is CCOC(=O)CNC(=O)N1CCC[C@](Cc2ccccc2C)(C(=O)OCC)C1. The monoisotopic (exact) mass is 390 g/mol. The number of amides is 2. The minimum Gasteiger partial charge on any atom is -0.466 e. The molecule has 7 nitrogen and oxygen atoms in total. The van der Waals surface area contributed by atoms with Gasteiger partial charge in [0.25, 0.3) is 0 Å². The molecule has 0 aromatic heterocycles. The molecule has 1 aromatic rings. The summed E-state index contributed by atoms with van der Waals surface area (Å²) in [6.45, 7) is 6.67. The molecule has 0 spiro atoms. The Morgan fingerprint density at radius 1 is 1.14 bits per heavy atom. The number of aryl methyl sites for hydroxylation is 1. The Kier molecular flexibility index (Phi) is 7.84. The zero-order valence-electron chi connectivity index (χ0n) is 17.0. The number of piperidine rings is 1. The van der Waals surface area contributed by atoms with Crippen LogP contribution in [0.5, 0.6) is 0 Å². The normalized spacial score (nSPS) is 19.0. The first kappa shape index (κ1) is 21.7. The summed E-state index contributed by atoms with van der Waals surface area (Å²) in [6.07, 6.45) is 1.86. The molecule has 0 saturated carbocycles. The number of carbonyl (C=O) groups excluding carboxylic acids is 3. The third-order valence-electron chi connectivity index (χ3n) is 5.05. The lowest BCUT2D eigenvalue weighted by Gasteiger charge is -2.41. The number of esters is 2. The Hall–Kier alpha value is -2.57. The predicted octanol–water partition coefficient (Wildman–Crippen LogP) is 2.46. The van der Waals surface area contributed by atoms with Crippen molar-refractivity contribution in [1.82, 2.24) is 10.2 Å². The van der Waals surface area contributed by atoms with E-state index in [0.29, 0.717) is 32.4 Å². The molecule has 1 atom stereocenters. The van der Waals surface area contributed by atoms with Gasteiger partial charge in [0, 0.05) is 13.1 Å². The Morgan fingerprint density at radius 3 is 2.54 bits per heavy atom. The van der Waals surface area contributed by atoms with Gasteiger partial charge < -0.3 is 19.7 Å². The number of hydrogen-bond donors (Lipinski definition) is 1. The van der Waals surface area contributed by atoms with Crippen LogP contribution in [0.3, 0.4) is 0 Å². The highest BCUT2D eigenvalue weighted by molar-refractivity contribution is 5.83. The minimum atomic E-state index is -0.790. The van der Waals surface area contributed by atoms with Crippen molar-refractivity contribution in [3.63, 3.8) is 0 Å². The van der Waals surface area contributed by atoms with Crippen LogP contribution in [-0.4, -0.2) is 55.7 Å². The average Bonchev–Trinajstić information content (AvgIpc) is 2.68. The topological polar surface area (TPSA) is 84.9 Å².